The van der Waals surface area contributed by atoms with E-state index in [1.54, 1.807) is 0 Å². The molecule has 88 valence electrons. The summed E-state index contributed by atoms with van der Waals surface area (Å²) in [5.41, 5.74) is 1.15. The molecule has 1 saturated heterocycles. The molecule has 5 heteroatoms. The number of fused-ring (bicyclic) bond motifs is 1. The maximum Gasteiger partial charge on any atom is 0.407 e. The van der Waals surface area contributed by atoms with Crippen LogP contribution >= 0.6 is 15.9 Å². The molecule has 2 heterocycles. The van der Waals surface area contributed by atoms with Crippen LogP contribution in [-0.2, 0) is 11.3 Å². The lowest BCUT2D eigenvalue weighted by molar-refractivity contribution is 0.131. The number of ether oxygens (including phenoxy) is 1. The lowest BCUT2D eigenvalue weighted by atomic mass is 10.2. The molecule has 0 aliphatic carbocycles. The second kappa shape index (κ2) is 4.07. The molecular formula is C12H11BrN2O2. The van der Waals surface area contributed by atoms with Crippen molar-refractivity contribution in [3.8, 4) is 0 Å². The molecule has 0 radical (unpaired) electrons. The number of carbonyl (C=O) groups excluding carboxylic acids is 1. The molecule has 0 spiro atoms. The van der Waals surface area contributed by atoms with Crippen molar-refractivity contribution in [2.45, 2.75) is 12.6 Å². The number of benzene rings is 1. The van der Waals surface area contributed by atoms with Gasteiger partial charge < -0.3 is 14.6 Å². The Morgan fingerprint density at radius 2 is 2.35 bits per heavy atom. The molecule has 0 saturated carbocycles. The fourth-order valence-electron chi connectivity index (χ4n) is 2.08. The summed E-state index contributed by atoms with van der Waals surface area (Å²) in [5, 5.41) is 3.83. The van der Waals surface area contributed by atoms with Gasteiger partial charge in [0.1, 0.15) is 6.10 Å². The predicted octanol–water partition coefficient (Wildman–Crippen LogP) is 2.51. The van der Waals surface area contributed by atoms with E-state index in [-0.39, 0.29) is 12.2 Å². The van der Waals surface area contributed by atoms with Gasteiger partial charge in [-0.25, -0.2) is 4.79 Å². The topological polar surface area (TPSA) is 43.3 Å². The number of carbonyl (C=O) groups is 1. The van der Waals surface area contributed by atoms with Crippen LogP contribution in [0.1, 0.15) is 0 Å². The maximum absolute atomic E-state index is 10.9. The zero-order valence-electron chi connectivity index (χ0n) is 9.02. The third kappa shape index (κ3) is 2.02. The first-order valence-corrected chi connectivity index (χ1v) is 6.20. The van der Waals surface area contributed by atoms with Crippen LogP contribution in [0.5, 0.6) is 0 Å². The monoisotopic (exact) mass is 294 g/mol. The smallest absolute Gasteiger partial charge is 0.407 e. The number of aromatic nitrogens is 1. The lowest BCUT2D eigenvalue weighted by Crippen LogP contribution is -2.20. The molecule has 0 bridgehead atoms. The summed E-state index contributed by atoms with van der Waals surface area (Å²) in [6.07, 6.45) is 1.61. The fraction of sp³-hybridized carbons (Fsp3) is 0.250. The number of amides is 1. The third-order valence-corrected chi connectivity index (χ3v) is 3.37. The highest BCUT2D eigenvalue weighted by molar-refractivity contribution is 9.10. The number of hydrogen-bond acceptors (Lipinski definition) is 2. The number of cyclic esters (lactones) is 1. The zero-order valence-corrected chi connectivity index (χ0v) is 10.6. The van der Waals surface area contributed by atoms with E-state index in [1.807, 2.05) is 12.3 Å². The summed E-state index contributed by atoms with van der Waals surface area (Å²) in [6, 6.07) is 8.20. The SMILES string of the molecule is O=C1NCC(Cn2ccc3cc(Br)ccc32)O1. The molecule has 1 amide bonds. The van der Waals surface area contributed by atoms with Crippen molar-refractivity contribution in [1.29, 1.82) is 0 Å². The Morgan fingerprint density at radius 1 is 1.47 bits per heavy atom. The van der Waals surface area contributed by atoms with Gasteiger partial charge in [0.05, 0.1) is 13.1 Å². The molecular weight excluding hydrogens is 284 g/mol. The van der Waals surface area contributed by atoms with Gasteiger partial charge in [0.2, 0.25) is 0 Å². The molecule has 17 heavy (non-hydrogen) atoms. The first-order chi connectivity index (χ1) is 8.22. The quantitative estimate of drug-likeness (QED) is 0.925. The van der Waals surface area contributed by atoms with Crippen molar-refractivity contribution in [3.05, 3.63) is 34.9 Å². The first-order valence-electron chi connectivity index (χ1n) is 5.41. The van der Waals surface area contributed by atoms with Crippen LogP contribution in [-0.4, -0.2) is 23.3 Å². The molecule has 4 nitrogen and oxygen atoms in total. The standard InChI is InChI=1S/C12H11BrN2O2/c13-9-1-2-11-8(5-9)3-4-15(11)7-10-6-14-12(16)17-10/h1-5,10H,6-7H2,(H,14,16). The van der Waals surface area contributed by atoms with Gasteiger partial charge in [-0.2, -0.15) is 0 Å². The van der Waals surface area contributed by atoms with Crippen LogP contribution in [0.15, 0.2) is 34.9 Å². The summed E-state index contributed by atoms with van der Waals surface area (Å²) in [7, 11) is 0. The molecule has 2 aromatic rings. The Labute approximate surface area is 107 Å². The van der Waals surface area contributed by atoms with Gasteiger partial charge in [-0.1, -0.05) is 15.9 Å². The van der Waals surface area contributed by atoms with E-state index < -0.39 is 0 Å². The van der Waals surface area contributed by atoms with Crippen LogP contribution in [0.3, 0.4) is 0 Å². The number of nitrogens with one attached hydrogen (secondary N) is 1. The van der Waals surface area contributed by atoms with Crippen LogP contribution in [0.2, 0.25) is 0 Å². The number of halogens is 1. The Balaban J connectivity index is 1.88. The minimum atomic E-state index is -0.325. The highest BCUT2D eigenvalue weighted by Crippen LogP contribution is 2.21. The second-order valence-corrected chi connectivity index (χ2v) is 5.00. The maximum atomic E-state index is 10.9. The third-order valence-electron chi connectivity index (χ3n) is 2.88. The normalized spacial score (nSPS) is 19.4. The van der Waals surface area contributed by atoms with Gasteiger partial charge >= 0.3 is 6.09 Å². The molecule has 1 fully saturated rings. The number of alkyl carbamates (subject to hydrolysis) is 1. The molecule has 1 aliphatic rings. The average Bonchev–Trinajstić information content (AvgIpc) is 2.86. The van der Waals surface area contributed by atoms with E-state index in [0.29, 0.717) is 13.1 Å². The molecule has 1 aromatic heterocycles. The summed E-state index contributed by atoms with van der Waals surface area (Å²) < 4.78 is 8.30. The Hall–Kier alpha value is -1.49. The van der Waals surface area contributed by atoms with Crippen LogP contribution < -0.4 is 5.32 Å². The zero-order chi connectivity index (χ0) is 11.8. The van der Waals surface area contributed by atoms with Gasteiger partial charge in [-0.15, -0.1) is 0 Å². The molecule has 1 atom stereocenters. The van der Waals surface area contributed by atoms with Crippen LogP contribution in [0, 0.1) is 0 Å². The summed E-state index contributed by atoms with van der Waals surface area (Å²) >= 11 is 3.45. The van der Waals surface area contributed by atoms with Gasteiger partial charge in [-0.3, -0.25) is 0 Å². The van der Waals surface area contributed by atoms with Crippen LogP contribution in [0.4, 0.5) is 4.79 Å². The van der Waals surface area contributed by atoms with Crippen molar-refractivity contribution in [2.24, 2.45) is 0 Å². The van der Waals surface area contributed by atoms with Gasteiger partial charge in [-0.05, 0) is 24.3 Å². The van der Waals surface area contributed by atoms with Crippen molar-refractivity contribution in [1.82, 2.24) is 9.88 Å². The minimum absolute atomic E-state index is 0.0817. The Morgan fingerprint density at radius 3 is 3.12 bits per heavy atom. The van der Waals surface area contributed by atoms with E-state index in [1.165, 1.54) is 5.39 Å². The van der Waals surface area contributed by atoms with E-state index in [4.69, 9.17) is 4.74 Å². The van der Waals surface area contributed by atoms with Gasteiger partial charge in [0.15, 0.2) is 0 Å². The Kier molecular flexibility index (Phi) is 2.55. The van der Waals surface area contributed by atoms with Crippen molar-refractivity contribution in [2.75, 3.05) is 6.54 Å². The summed E-state index contributed by atoms with van der Waals surface area (Å²) in [4.78, 5) is 10.9. The van der Waals surface area contributed by atoms with Crippen molar-refractivity contribution < 1.29 is 9.53 Å². The summed E-state index contributed by atoms with van der Waals surface area (Å²) in [6.45, 7) is 1.26. The molecule has 3 rings (SSSR count). The second-order valence-electron chi connectivity index (χ2n) is 4.08. The number of hydrogen-bond donors (Lipinski definition) is 1. The largest absolute Gasteiger partial charge is 0.442 e. The molecule has 1 aromatic carbocycles. The van der Waals surface area contributed by atoms with Gasteiger partial charge in [0, 0.05) is 21.6 Å². The lowest BCUT2D eigenvalue weighted by Gasteiger charge is -2.10. The highest BCUT2D eigenvalue weighted by atomic mass is 79.9. The van der Waals surface area contributed by atoms with Crippen molar-refractivity contribution >= 4 is 32.9 Å². The molecule has 1 aliphatic heterocycles. The van der Waals surface area contributed by atoms with E-state index in [9.17, 15) is 4.79 Å². The van der Waals surface area contributed by atoms with E-state index in [2.05, 4.69) is 44.0 Å². The summed E-state index contributed by atoms with van der Waals surface area (Å²) in [5.74, 6) is 0. The average molecular weight is 295 g/mol. The predicted molar refractivity (Wildman–Crippen MR) is 67.9 cm³/mol. The Bertz CT molecular complexity index is 579. The van der Waals surface area contributed by atoms with Crippen LogP contribution in [0.25, 0.3) is 10.9 Å². The van der Waals surface area contributed by atoms with Gasteiger partial charge in [0.25, 0.3) is 0 Å². The molecule has 1 unspecified atom stereocenters. The number of rotatable bonds is 2. The van der Waals surface area contributed by atoms with E-state index in [0.717, 1.165) is 9.99 Å². The van der Waals surface area contributed by atoms with E-state index >= 15 is 0 Å². The molecule has 1 N–H and O–H groups in total. The number of nitrogens with zero attached hydrogens (tertiary/aromatic N) is 1. The first kappa shape index (κ1) is 10.7. The fourth-order valence-corrected chi connectivity index (χ4v) is 2.46. The highest BCUT2D eigenvalue weighted by Gasteiger charge is 2.22. The minimum Gasteiger partial charge on any atom is -0.442 e. The van der Waals surface area contributed by atoms with Crippen molar-refractivity contribution in [3.63, 3.8) is 0 Å².